The molecule has 0 radical (unpaired) electrons. The lowest BCUT2D eigenvalue weighted by atomic mass is 9.85. The molecule has 0 saturated heterocycles. The first-order chi connectivity index (χ1) is 12.5. The van der Waals surface area contributed by atoms with E-state index in [9.17, 15) is 10.0 Å². The quantitative estimate of drug-likeness (QED) is 0.644. The maximum atomic E-state index is 12.3. The van der Waals surface area contributed by atoms with Gasteiger partial charge in [0, 0.05) is 18.7 Å². The summed E-state index contributed by atoms with van der Waals surface area (Å²) in [5.41, 5.74) is 8.80. The largest absolute Gasteiger partial charge is 0.410 e. The van der Waals surface area contributed by atoms with Crippen molar-refractivity contribution in [2.75, 3.05) is 18.4 Å². The van der Waals surface area contributed by atoms with Gasteiger partial charge in [0.2, 0.25) is 0 Å². The number of oxime groups is 1. The van der Waals surface area contributed by atoms with Gasteiger partial charge in [-0.1, -0.05) is 35.8 Å². The summed E-state index contributed by atoms with van der Waals surface area (Å²) in [5.74, 6) is -0.337. The highest BCUT2D eigenvalue weighted by Crippen LogP contribution is 2.41. The molecule has 1 amide bonds. The molecule has 5 heteroatoms. The van der Waals surface area contributed by atoms with E-state index in [1.165, 1.54) is 22.3 Å². The number of carbonyl (C=O) groups is 1. The Labute approximate surface area is 153 Å². The molecule has 0 aromatic heterocycles. The second-order valence-corrected chi connectivity index (χ2v) is 7.14. The highest BCUT2D eigenvalue weighted by Gasteiger charge is 2.33. The fourth-order valence-corrected chi connectivity index (χ4v) is 4.07. The highest BCUT2D eigenvalue weighted by molar-refractivity contribution is 6.54. The number of nitrogens with zero attached hydrogens (tertiary/aromatic N) is 2. The minimum absolute atomic E-state index is 0.1000. The zero-order chi connectivity index (χ0) is 18.4. The fraction of sp³-hybridized carbons (Fsp3) is 0.333. The lowest BCUT2D eigenvalue weighted by Gasteiger charge is -2.31. The molecule has 26 heavy (non-hydrogen) atoms. The number of fused-ring (bicyclic) bond motifs is 3. The summed E-state index contributed by atoms with van der Waals surface area (Å²) in [6.45, 7) is 9.13. The predicted molar refractivity (Wildman–Crippen MR) is 103 cm³/mol. The molecular weight excluding hydrogens is 326 g/mol. The van der Waals surface area contributed by atoms with Gasteiger partial charge in [-0.25, -0.2) is 0 Å². The third kappa shape index (κ3) is 2.51. The summed E-state index contributed by atoms with van der Waals surface area (Å²) in [6, 6.07) is 8.47. The molecule has 0 aliphatic carbocycles. The number of nitrogens with one attached hydrogen (secondary N) is 1. The molecule has 2 heterocycles. The van der Waals surface area contributed by atoms with Crippen molar-refractivity contribution in [1.82, 2.24) is 4.90 Å². The van der Waals surface area contributed by atoms with Crippen LogP contribution < -0.4 is 5.32 Å². The number of amides is 1. The van der Waals surface area contributed by atoms with Crippen molar-refractivity contribution in [2.24, 2.45) is 5.16 Å². The Morgan fingerprint density at radius 2 is 1.96 bits per heavy atom. The molecule has 134 valence electrons. The number of carbonyl (C=O) groups excluding carboxylic acids is 1. The first kappa shape index (κ1) is 16.8. The van der Waals surface area contributed by atoms with Crippen LogP contribution in [-0.2, 0) is 17.8 Å². The van der Waals surface area contributed by atoms with Crippen LogP contribution in [0.25, 0.3) is 11.1 Å². The van der Waals surface area contributed by atoms with E-state index < -0.39 is 0 Å². The van der Waals surface area contributed by atoms with E-state index in [1.807, 2.05) is 6.07 Å². The first-order valence-electron chi connectivity index (χ1n) is 9.06. The molecule has 0 fully saturated rings. The van der Waals surface area contributed by atoms with E-state index in [0.717, 1.165) is 42.9 Å². The van der Waals surface area contributed by atoms with Gasteiger partial charge in [0.1, 0.15) is 0 Å². The molecular formula is C21H23N3O2. The minimum Gasteiger partial charge on any atom is -0.410 e. The van der Waals surface area contributed by atoms with Gasteiger partial charge >= 0.3 is 0 Å². The maximum absolute atomic E-state index is 12.3. The van der Waals surface area contributed by atoms with Gasteiger partial charge in [0.25, 0.3) is 5.91 Å². The fourth-order valence-electron chi connectivity index (χ4n) is 4.07. The molecule has 0 saturated carbocycles. The highest BCUT2D eigenvalue weighted by atomic mass is 16.4. The van der Waals surface area contributed by atoms with Gasteiger partial charge in [-0.3, -0.25) is 9.69 Å². The summed E-state index contributed by atoms with van der Waals surface area (Å²) in [4.78, 5) is 14.6. The zero-order valence-corrected chi connectivity index (χ0v) is 15.4. The van der Waals surface area contributed by atoms with Crippen LogP contribution in [-0.4, -0.2) is 34.8 Å². The minimum atomic E-state index is -0.337. The Morgan fingerprint density at radius 1 is 1.15 bits per heavy atom. The number of aryl methyl sites for hydroxylation is 2. The van der Waals surface area contributed by atoms with Gasteiger partial charge in [0.05, 0.1) is 5.69 Å². The molecule has 5 nitrogen and oxygen atoms in total. The van der Waals surface area contributed by atoms with Crippen LogP contribution in [0.4, 0.5) is 5.69 Å². The van der Waals surface area contributed by atoms with E-state index >= 15 is 0 Å². The number of hydrogen-bond acceptors (Lipinski definition) is 4. The summed E-state index contributed by atoms with van der Waals surface area (Å²) >= 11 is 0. The summed E-state index contributed by atoms with van der Waals surface area (Å²) in [5, 5.41) is 15.5. The van der Waals surface area contributed by atoms with Gasteiger partial charge < -0.3 is 10.5 Å². The first-order valence-corrected chi connectivity index (χ1v) is 9.06. The predicted octanol–water partition coefficient (Wildman–Crippen LogP) is 3.48. The Hall–Kier alpha value is -2.66. The van der Waals surface area contributed by atoms with E-state index in [1.54, 1.807) is 0 Å². The average molecular weight is 349 g/mol. The number of likely N-dealkylation sites (N-methyl/N-ethyl adjacent to an activating group) is 1. The van der Waals surface area contributed by atoms with Crippen LogP contribution in [0.2, 0.25) is 0 Å². The monoisotopic (exact) mass is 349 g/mol. The van der Waals surface area contributed by atoms with Crippen molar-refractivity contribution >= 4 is 17.3 Å². The van der Waals surface area contributed by atoms with Gasteiger partial charge in [-0.05, 0) is 60.7 Å². The Kier molecular flexibility index (Phi) is 4.04. The zero-order valence-electron chi connectivity index (χ0n) is 15.4. The molecule has 0 bridgehead atoms. The molecule has 4 rings (SSSR count). The van der Waals surface area contributed by atoms with Crippen molar-refractivity contribution in [3.63, 3.8) is 0 Å². The smallest absolute Gasteiger partial charge is 0.278 e. The summed E-state index contributed by atoms with van der Waals surface area (Å²) in [7, 11) is 0. The summed E-state index contributed by atoms with van der Waals surface area (Å²) in [6.07, 6.45) is 0.945. The Bertz CT molecular complexity index is 947. The van der Waals surface area contributed by atoms with E-state index in [-0.39, 0.29) is 11.6 Å². The third-order valence-electron chi connectivity index (χ3n) is 5.55. The van der Waals surface area contributed by atoms with Crippen molar-refractivity contribution in [2.45, 2.75) is 33.7 Å². The Balaban J connectivity index is 2.01. The number of benzene rings is 2. The molecule has 0 spiro atoms. The Morgan fingerprint density at radius 3 is 2.69 bits per heavy atom. The summed E-state index contributed by atoms with van der Waals surface area (Å²) < 4.78 is 0. The molecule has 0 unspecified atom stereocenters. The van der Waals surface area contributed by atoms with Crippen molar-refractivity contribution < 1.29 is 10.0 Å². The van der Waals surface area contributed by atoms with Crippen molar-refractivity contribution in [3.8, 4) is 11.1 Å². The molecule has 2 aliphatic heterocycles. The standard InChI is InChI=1S/C21H23N3O2/c1-4-24-8-7-14-16(15-9-12(2)5-6-13(15)3)10-17-19(18(14)11-24)22-21(25)20(17)23-26/h5-6,9-10,26H,4,7-8,11H2,1-3H3,(H,22,23,25). The van der Waals surface area contributed by atoms with E-state index in [2.05, 4.69) is 54.3 Å². The van der Waals surface area contributed by atoms with Crippen LogP contribution in [0.5, 0.6) is 0 Å². The van der Waals surface area contributed by atoms with Crippen LogP contribution in [0, 0.1) is 13.8 Å². The molecule has 2 aromatic carbocycles. The van der Waals surface area contributed by atoms with E-state index in [4.69, 9.17) is 0 Å². The van der Waals surface area contributed by atoms with Crippen LogP contribution in [0.3, 0.4) is 0 Å². The van der Waals surface area contributed by atoms with Gasteiger partial charge in [-0.2, -0.15) is 0 Å². The SMILES string of the molecule is CCN1CCc2c(-c3cc(C)ccc3C)cc3c(c2C1)NC(=O)/C3=N/O. The number of anilines is 1. The molecule has 2 aliphatic rings. The number of rotatable bonds is 2. The second kappa shape index (κ2) is 6.25. The lowest BCUT2D eigenvalue weighted by Crippen LogP contribution is -2.31. The molecule has 2 N–H and O–H groups in total. The topological polar surface area (TPSA) is 64.9 Å². The van der Waals surface area contributed by atoms with Gasteiger partial charge in [-0.15, -0.1) is 0 Å². The second-order valence-electron chi connectivity index (χ2n) is 7.14. The van der Waals surface area contributed by atoms with Crippen LogP contribution >= 0.6 is 0 Å². The lowest BCUT2D eigenvalue weighted by molar-refractivity contribution is -0.110. The van der Waals surface area contributed by atoms with Crippen LogP contribution in [0.1, 0.15) is 34.7 Å². The molecule has 0 atom stereocenters. The van der Waals surface area contributed by atoms with Crippen LogP contribution in [0.15, 0.2) is 29.4 Å². The van der Waals surface area contributed by atoms with E-state index in [0.29, 0.717) is 5.56 Å². The third-order valence-corrected chi connectivity index (χ3v) is 5.55. The van der Waals surface area contributed by atoms with Crippen molar-refractivity contribution in [1.29, 1.82) is 0 Å². The maximum Gasteiger partial charge on any atom is 0.278 e. The average Bonchev–Trinajstić information content (AvgIpc) is 2.97. The normalized spacial score (nSPS) is 18.0. The van der Waals surface area contributed by atoms with Gasteiger partial charge in [0.15, 0.2) is 5.71 Å². The number of hydrogen-bond donors (Lipinski definition) is 2. The molecule has 2 aromatic rings. The van der Waals surface area contributed by atoms with Crippen molar-refractivity contribution in [3.05, 3.63) is 52.1 Å².